The Bertz CT molecular complexity index is 925. The number of hydrogen-bond donors (Lipinski definition) is 2. The first-order valence-corrected chi connectivity index (χ1v) is 7.65. The first-order valence-electron chi connectivity index (χ1n) is 6.89. The van der Waals surface area contributed by atoms with E-state index in [0.717, 1.165) is 5.56 Å². The summed E-state index contributed by atoms with van der Waals surface area (Å²) in [4.78, 5) is 16.3. The Balaban J connectivity index is 1.77. The van der Waals surface area contributed by atoms with Crippen LogP contribution in [-0.4, -0.2) is 14.5 Å². The molecule has 0 atom stereocenters. The summed E-state index contributed by atoms with van der Waals surface area (Å²) in [6, 6.07) is 9.80. The van der Waals surface area contributed by atoms with Crippen molar-refractivity contribution in [3.8, 4) is 5.75 Å². The molecular formula is C16H13Cl2N3O2. The average Bonchev–Trinajstić information content (AvgIpc) is 2.51. The van der Waals surface area contributed by atoms with Gasteiger partial charge in [-0.1, -0.05) is 29.3 Å². The predicted octanol–water partition coefficient (Wildman–Crippen LogP) is 3.00. The molecule has 0 saturated heterocycles. The topological polar surface area (TPSA) is 66.6 Å². The minimum absolute atomic E-state index is 0.0350. The van der Waals surface area contributed by atoms with Crippen molar-refractivity contribution >= 4 is 28.8 Å². The van der Waals surface area contributed by atoms with Crippen LogP contribution in [0.4, 0.5) is 0 Å². The van der Waals surface area contributed by atoms with Crippen molar-refractivity contribution in [1.82, 2.24) is 14.7 Å². The largest absolute Gasteiger partial charge is 0.504 e. The SMILES string of the molecule is O=c1cc(CNCc2ccc(Cl)cc2Cl)nc2c(O)cccn12. The summed E-state index contributed by atoms with van der Waals surface area (Å²) in [7, 11) is 0. The number of hydrogen-bond acceptors (Lipinski definition) is 4. The molecular weight excluding hydrogens is 337 g/mol. The van der Waals surface area contributed by atoms with E-state index in [4.69, 9.17) is 23.2 Å². The second-order valence-corrected chi connectivity index (χ2v) is 5.86. The van der Waals surface area contributed by atoms with Crippen molar-refractivity contribution in [2.24, 2.45) is 0 Å². The molecule has 3 aromatic rings. The molecule has 0 unspecified atom stereocenters. The molecule has 0 bridgehead atoms. The molecule has 5 nitrogen and oxygen atoms in total. The number of nitrogens with zero attached hydrogens (tertiary/aromatic N) is 2. The smallest absolute Gasteiger partial charge is 0.258 e. The minimum atomic E-state index is -0.243. The Morgan fingerprint density at radius 2 is 2.00 bits per heavy atom. The van der Waals surface area contributed by atoms with Crippen LogP contribution < -0.4 is 10.9 Å². The van der Waals surface area contributed by atoms with E-state index in [1.807, 2.05) is 6.07 Å². The van der Waals surface area contributed by atoms with E-state index < -0.39 is 0 Å². The molecule has 1 aromatic carbocycles. The lowest BCUT2D eigenvalue weighted by Gasteiger charge is -2.08. The highest BCUT2D eigenvalue weighted by atomic mass is 35.5. The lowest BCUT2D eigenvalue weighted by molar-refractivity contribution is 0.476. The summed E-state index contributed by atoms with van der Waals surface area (Å²) in [5.74, 6) is -0.0350. The van der Waals surface area contributed by atoms with Gasteiger partial charge in [0.05, 0.1) is 5.69 Å². The van der Waals surface area contributed by atoms with Gasteiger partial charge in [0.2, 0.25) is 0 Å². The fourth-order valence-corrected chi connectivity index (χ4v) is 2.71. The van der Waals surface area contributed by atoms with Crippen molar-refractivity contribution < 1.29 is 5.11 Å². The third-order valence-electron chi connectivity index (χ3n) is 3.36. The Hall–Kier alpha value is -2.08. The van der Waals surface area contributed by atoms with Gasteiger partial charge in [0.25, 0.3) is 5.56 Å². The minimum Gasteiger partial charge on any atom is -0.504 e. The van der Waals surface area contributed by atoms with Crippen LogP contribution in [0.2, 0.25) is 10.0 Å². The Morgan fingerprint density at radius 1 is 1.17 bits per heavy atom. The summed E-state index contributed by atoms with van der Waals surface area (Å²) >= 11 is 12.0. The second-order valence-electron chi connectivity index (χ2n) is 5.01. The number of nitrogens with one attached hydrogen (secondary N) is 1. The quantitative estimate of drug-likeness (QED) is 0.759. The standard InChI is InChI=1S/C16H13Cl2N3O2/c17-11-4-3-10(13(18)6-11)8-19-9-12-7-15(23)21-5-1-2-14(22)16(21)20-12/h1-7,19,22H,8-9H2. The van der Waals surface area contributed by atoms with Crippen LogP contribution in [-0.2, 0) is 13.1 Å². The van der Waals surface area contributed by atoms with Gasteiger partial charge in [-0.3, -0.25) is 9.20 Å². The number of aromatic nitrogens is 2. The van der Waals surface area contributed by atoms with Gasteiger partial charge < -0.3 is 10.4 Å². The van der Waals surface area contributed by atoms with E-state index in [9.17, 15) is 9.90 Å². The fourth-order valence-electron chi connectivity index (χ4n) is 2.24. The molecule has 0 aliphatic rings. The molecule has 0 saturated carbocycles. The lowest BCUT2D eigenvalue weighted by Crippen LogP contribution is -2.19. The maximum absolute atomic E-state index is 12.0. The Labute approximate surface area is 142 Å². The van der Waals surface area contributed by atoms with E-state index in [1.165, 1.54) is 16.5 Å². The first-order chi connectivity index (χ1) is 11.0. The van der Waals surface area contributed by atoms with Crippen LogP contribution in [0.15, 0.2) is 47.4 Å². The molecule has 23 heavy (non-hydrogen) atoms. The highest BCUT2D eigenvalue weighted by Crippen LogP contribution is 2.20. The summed E-state index contributed by atoms with van der Waals surface area (Å²) in [5, 5.41) is 14.1. The van der Waals surface area contributed by atoms with Gasteiger partial charge in [-0.15, -0.1) is 0 Å². The Morgan fingerprint density at radius 3 is 2.78 bits per heavy atom. The second kappa shape index (κ2) is 6.58. The number of pyridine rings is 1. The zero-order chi connectivity index (χ0) is 16.4. The molecule has 0 amide bonds. The fraction of sp³-hybridized carbons (Fsp3) is 0.125. The lowest BCUT2D eigenvalue weighted by atomic mass is 10.2. The molecule has 0 radical (unpaired) electrons. The van der Waals surface area contributed by atoms with Gasteiger partial charge in [0.15, 0.2) is 11.4 Å². The predicted molar refractivity (Wildman–Crippen MR) is 90.1 cm³/mol. The molecule has 2 heterocycles. The van der Waals surface area contributed by atoms with Crippen LogP contribution in [0, 0.1) is 0 Å². The van der Waals surface area contributed by atoms with Gasteiger partial charge in [-0.25, -0.2) is 4.98 Å². The molecule has 118 valence electrons. The zero-order valence-corrected chi connectivity index (χ0v) is 13.5. The third kappa shape index (κ3) is 3.47. The Kier molecular flexibility index (Phi) is 4.52. The molecule has 0 aliphatic carbocycles. The summed E-state index contributed by atoms with van der Waals surface area (Å²) < 4.78 is 1.30. The number of benzene rings is 1. The van der Waals surface area contributed by atoms with Crippen molar-refractivity contribution in [3.63, 3.8) is 0 Å². The molecule has 0 spiro atoms. The van der Waals surface area contributed by atoms with Crippen LogP contribution in [0.1, 0.15) is 11.3 Å². The van der Waals surface area contributed by atoms with Gasteiger partial charge in [0.1, 0.15) is 0 Å². The van der Waals surface area contributed by atoms with E-state index in [0.29, 0.717) is 28.8 Å². The molecule has 7 heteroatoms. The van der Waals surface area contributed by atoms with Gasteiger partial charge in [-0.2, -0.15) is 0 Å². The van der Waals surface area contributed by atoms with Gasteiger partial charge >= 0.3 is 0 Å². The summed E-state index contributed by atoms with van der Waals surface area (Å²) in [6.45, 7) is 0.886. The van der Waals surface area contributed by atoms with Gasteiger partial charge in [-0.05, 0) is 29.8 Å². The van der Waals surface area contributed by atoms with Crippen LogP contribution >= 0.6 is 23.2 Å². The third-order valence-corrected chi connectivity index (χ3v) is 3.95. The van der Waals surface area contributed by atoms with Crippen LogP contribution in [0.25, 0.3) is 5.65 Å². The number of halogens is 2. The van der Waals surface area contributed by atoms with Crippen molar-refractivity contribution in [1.29, 1.82) is 0 Å². The van der Waals surface area contributed by atoms with Crippen molar-refractivity contribution in [2.75, 3.05) is 0 Å². The van der Waals surface area contributed by atoms with E-state index >= 15 is 0 Å². The van der Waals surface area contributed by atoms with E-state index in [1.54, 1.807) is 24.4 Å². The van der Waals surface area contributed by atoms with Crippen molar-refractivity contribution in [2.45, 2.75) is 13.1 Å². The average molecular weight is 350 g/mol. The number of aromatic hydroxyl groups is 1. The van der Waals surface area contributed by atoms with Crippen LogP contribution in [0.3, 0.4) is 0 Å². The number of rotatable bonds is 4. The molecule has 0 fully saturated rings. The molecule has 0 aliphatic heterocycles. The monoisotopic (exact) mass is 349 g/mol. The van der Waals surface area contributed by atoms with E-state index in [-0.39, 0.29) is 17.0 Å². The zero-order valence-electron chi connectivity index (χ0n) is 12.0. The number of fused-ring (bicyclic) bond motifs is 1. The molecule has 3 rings (SSSR count). The maximum atomic E-state index is 12.0. The summed E-state index contributed by atoms with van der Waals surface area (Å²) in [6.07, 6.45) is 1.56. The highest BCUT2D eigenvalue weighted by Gasteiger charge is 2.06. The van der Waals surface area contributed by atoms with Crippen LogP contribution in [0.5, 0.6) is 5.75 Å². The maximum Gasteiger partial charge on any atom is 0.258 e. The summed E-state index contributed by atoms with van der Waals surface area (Å²) in [5.41, 5.74) is 1.44. The molecule has 2 aromatic heterocycles. The highest BCUT2D eigenvalue weighted by molar-refractivity contribution is 6.35. The normalized spacial score (nSPS) is 11.0. The first kappa shape index (κ1) is 15.8. The van der Waals surface area contributed by atoms with Gasteiger partial charge in [0, 0.05) is 35.4 Å². The van der Waals surface area contributed by atoms with Crippen molar-refractivity contribution in [3.05, 3.63) is 74.3 Å². The van der Waals surface area contributed by atoms with E-state index in [2.05, 4.69) is 10.3 Å². The molecule has 2 N–H and O–H groups in total.